The number of aryl methyl sites for hydroxylation is 1. The average Bonchev–Trinajstić information content (AvgIpc) is 2.86. The van der Waals surface area contributed by atoms with Crippen molar-refractivity contribution in [2.24, 2.45) is 5.92 Å². The summed E-state index contributed by atoms with van der Waals surface area (Å²) in [6.45, 7) is 5.44. The largest absolute Gasteiger partial charge is 0.491 e. The van der Waals surface area contributed by atoms with Crippen LogP contribution in [0.5, 0.6) is 5.75 Å². The quantitative estimate of drug-likeness (QED) is 0.219. The van der Waals surface area contributed by atoms with Gasteiger partial charge in [-0.3, -0.25) is 9.69 Å². The van der Waals surface area contributed by atoms with Gasteiger partial charge in [0.1, 0.15) is 18.2 Å². The number of carbonyl (C=O) groups is 2. The van der Waals surface area contributed by atoms with Gasteiger partial charge in [0.25, 0.3) is 0 Å². The molecule has 1 aliphatic heterocycles. The summed E-state index contributed by atoms with van der Waals surface area (Å²) in [4.78, 5) is 33.4. The van der Waals surface area contributed by atoms with E-state index in [0.29, 0.717) is 38.4 Å². The molecule has 3 aromatic rings. The first-order valence-electron chi connectivity index (χ1n) is 12.3. The van der Waals surface area contributed by atoms with E-state index in [2.05, 4.69) is 14.7 Å². The maximum absolute atomic E-state index is 14.9. The van der Waals surface area contributed by atoms with Gasteiger partial charge >= 0.3 is 18.1 Å². The van der Waals surface area contributed by atoms with E-state index in [-0.39, 0.29) is 23.7 Å². The number of ether oxygens (including phenoxy) is 2. The van der Waals surface area contributed by atoms with Crippen LogP contribution in [-0.2, 0) is 33.9 Å². The van der Waals surface area contributed by atoms with Gasteiger partial charge in [0.15, 0.2) is 5.82 Å². The summed E-state index contributed by atoms with van der Waals surface area (Å²) in [5.41, 5.74) is 3.96. The Morgan fingerprint density at radius 2 is 1.95 bits per heavy atom. The maximum Gasteiger partial charge on any atom is 0.491 e. The zero-order chi connectivity index (χ0) is 28.2. The fourth-order valence-corrected chi connectivity index (χ4v) is 4.39. The van der Waals surface area contributed by atoms with Crippen molar-refractivity contribution in [2.45, 2.75) is 46.0 Å². The predicted molar refractivity (Wildman–Crippen MR) is 133 cm³/mol. The van der Waals surface area contributed by atoms with Crippen LogP contribution in [0.15, 0.2) is 48.7 Å². The third-order valence-electron chi connectivity index (χ3n) is 6.21. The summed E-state index contributed by atoms with van der Waals surface area (Å²) in [5, 5.41) is 0. The van der Waals surface area contributed by atoms with E-state index in [9.17, 15) is 27.2 Å². The van der Waals surface area contributed by atoms with Crippen LogP contribution in [0, 0.1) is 18.7 Å². The maximum atomic E-state index is 14.9. The van der Waals surface area contributed by atoms with E-state index < -0.39 is 23.9 Å². The molecule has 0 N–H and O–H groups in total. The number of halogens is 4. The lowest BCUT2D eigenvalue weighted by Gasteiger charge is -2.30. The van der Waals surface area contributed by atoms with Crippen molar-refractivity contribution in [1.82, 2.24) is 14.9 Å². The number of esters is 2. The molecule has 0 saturated carbocycles. The Bertz CT molecular complexity index is 1360. The highest BCUT2D eigenvalue weighted by Gasteiger charge is 2.42. The third kappa shape index (κ3) is 7.60. The minimum Gasteiger partial charge on any atom is -0.489 e. The second-order valence-corrected chi connectivity index (χ2v) is 9.64. The molecule has 0 fully saturated rings. The number of alkyl halides is 3. The molecule has 39 heavy (non-hydrogen) atoms. The Morgan fingerprint density at radius 3 is 2.67 bits per heavy atom. The minimum atomic E-state index is -5.21. The van der Waals surface area contributed by atoms with Gasteiger partial charge < -0.3 is 9.47 Å². The Balaban J connectivity index is 1.33. The van der Waals surface area contributed by atoms with E-state index in [0.717, 1.165) is 22.4 Å². The van der Waals surface area contributed by atoms with Gasteiger partial charge in [-0.1, -0.05) is 36.8 Å². The van der Waals surface area contributed by atoms with Crippen LogP contribution < -0.4 is 4.74 Å². The first-order valence-corrected chi connectivity index (χ1v) is 12.3. The molecule has 0 saturated heterocycles. The van der Waals surface area contributed by atoms with Crippen molar-refractivity contribution in [3.63, 3.8) is 0 Å². The Morgan fingerprint density at radius 1 is 1.15 bits per heavy atom. The average molecular weight is 546 g/mol. The van der Waals surface area contributed by atoms with Crippen molar-refractivity contribution < 1.29 is 36.6 Å². The topological polar surface area (TPSA) is 81.6 Å². The smallest absolute Gasteiger partial charge is 0.489 e. The molecule has 1 aromatic heterocycles. The van der Waals surface area contributed by atoms with Gasteiger partial charge in [-0.25, -0.2) is 19.2 Å². The van der Waals surface area contributed by atoms with Crippen LogP contribution in [0.1, 0.15) is 35.7 Å². The molecule has 0 amide bonds. The standard InChI is InChI=1S/C28H27F4N3O4/c1-17-4-3-5-19(10-17)16-38-21-6-7-22(23(29)12-21)26-33-13-20-15-35(9-8-24(20)34-26)14-18(2)11-25(36)39-27(37)28(30,31)32/h3-7,10,12-13,18H,8-9,11,14-16H2,1-2H3. The molecule has 7 nitrogen and oxygen atoms in total. The Hall–Kier alpha value is -3.86. The van der Waals surface area contributed by atoms with Gasteiger partial charge in [-0.2, -0.15) is 13.2 Å². The normalized spacial score (nSPS) is 14.4. The summed E-state index contributed by atoms with van der Waals surface area (Å²) >= 11 is 0. The molecule has 1 atom stereocenters. The van der Waals surface area contributed by atoms with Gasteiger partial charge in [0.05, 0.1) is 11.3 Å². The number of fused-ring (bicyclic) bond motifs is 1. The third-order valence-corrected chi connectivity index (χ3v) is 6.21. The second kappa shape index (κ2) is 11.9. The van der Waals surface area contributed by atoms with Crippen LogP contribution in [0.3, 0.4) is 0 Å². The summed E-state index contributed by atoms with van der Waals surface area (Å²) in [6, 6.07) is 12.4. The lowest BCUT2D eigenvalue weighted by Crippen LogP contribution is -2.35. The summed E-state index contributed by atoms with van der Waals surface area (Å²) < 4.78 is 61.3. The first kappa shape index (κ1) is 28.2. The van der Waals surface area contributed by atoms with Crippen molar-refractivity contribution >= 4 is 11.9 Å². The van der Waals surface area contributed by atoms with E-state index in [1.807, 2.05) is 36.1 Å². The number of benzene rings is 2. The van der Waals surface area contributed by atoms with E-state index in [1.54, 1.807) is 25.3 Å². The van der Waals surface area contributed by atoms with Crippen LogP contribution in [0.2, 0.25) is 0 Å². The predicted octanol–water partition coefficient (Wildman–Crippen LogP) is 5.19. The monoisotopic (exact) mass is 545 g/mol. The minimum absolute atomic E-state index is 0.253. The zero-order valence-electron chi connectivity index (χ0n) is 21.4. The number of rotatable bonds is 8. The van der Waals surface area contributed by atoms with Gasteiger partial charge in [-0.15, -0.1) is 0 Å². The number of hydrogen-bond donors (Lipinski definition) is 0. The van der Waals surface area contributed by atoms with Crippen LogP contribution in [-0.4, -0.2) is 46.1 Å². The molecule has 206 valence electrons. The van der Waals surface area contributed by atoms with Gasteiger partial charge in [0, 0.05) is 50.3 Å². The highest BCUT2D eigenvalue weighted by atomic mass is 19.4. The lowest BCUT2D eigenvalue weighted by atomic mass is 10.0. The molecule has 11 heteroatoms. The van der Waals surface area contributed by atoms with E-state index in [4.69, 9.17) is 4.74 Å². The second-order valence-electron chi connectivity index (χ2n) is 9.64. The first-order chi connectivity index (χ1) is 18.5. The zero-order valence-corrected chi connectivity index (χ0v) is 21.4. The van der Waals surface area contributed by atoms with Crippen LogP contribution in [0.25, 0.3) is 11.4 Å². The fourth-order valence-electron chi connectivity index (χ4n) is 4.39. The van der Waals surface area contributed by atoms with E-state index >= 15 is 0 Å². The summed E-state index contributed by atoms with van der Waals surface area (Å²) in [5.74, 6) is -3.92. The SMILES string of the molecule is Cc1cccc(COc2ccc(-c3ncc4c(n3)CCN(CC(C)CC(=O)OC(=O)C(F)(F)F)C4)c(F)c2)c1. The Kier molecular flexibility index (Phi) is 8.59. The summed E-state index contributed by atoms with van der Waals surface area (Å²) in [6.07, 6.45) is -3.36. The molecule has 1 aliphatic rings. The Labute approximate surface area is 222 Å². The molecule has 0 aliphatic carbocycles. The van der Waals surface area contributed by atoms with Crippen LogP contribution >= 0.6 is 0 Å². The van der Waals surface area contributed by atoms with Crippen LogP contribution in [0.4, 0.5) is 17.6 Å². The molecule has 1 unspecified atom stereocenters. The number of hydrogen-bond acceptors (Lipinski definition) is 7. The highest BCUT2D eigenvalue weighted by Crippen LogP contribution is 2.27. The van der Waals surface area contributed by atoms with Crippen molar-refractivity contribution in [2.75, 3.05) is 13.1 Å². The molecule has 0 radical (unpaired) electrons. The number of aromatic nitrogens is 2. The molecule has 4 rings (SSSR count). The molecule has 2 aromatic carbocycles. The van der Waals surface area contributed by atoms with Gasteiger partial charge in [0.2, 0.25) is 0 Å². The summed E-state index contributed by atoms with van der Waals surface area (Å²) in [7, 11) is 0. The fraction of sp³-hybridized carbons (Fsp3) is 0.357. The number of carbonyl (C=O) groups excluding carboxylic acids is 2. The number of nitrogens with zero attached hydrogens (tertiary/aromatic N) is 3. The highest BCUT2D eigenvalue weighted by molar-refractivity contribution is 5.88. The van der Waals surface area contributed by atoms with E-state index in [1.165, 1.54) is 6.07 Å². The molecule has 0 spiro atoms. The van der Waals surface area contributed by atoms with Crippen molar-refractivity contribution in [3.8, 4) is 17.1 Å². The molecular weight excluding hydrogens is 518 g/mol. The molecule has 2 heterocycles. The van der Waals surface area contributed by atoms with Gasteiger partial charge in [-0.05, 0) is 30.5 Å². The van der Waals surface area contributed by atoms with Crippen molar-refractivity contribution in [3.05, 3.63) is 76.9 Å². The van der Waals surface area contributed by atoms with Crippen molar-refractivity contribution in [1.29, 1.82) is 0 Å². The molecular formula is C28H27F4N3O4. The molecule has 0 bridgehead atoms. The lowest BCUT2D eigenvalue weighted by molar-refractivity contribution is -0.202.